The van der Waals surface area contributed by atoms with E-state index in [1.165, 1.54) is 19.1 Å². The van der Waals surface area contributed by atoms with Gasteiger partial charge in [0.05, 0.1) is 37.7 Å². The fourth-order valence-electron chi connectivity index (χ4n) is 14.5. The molecule has 3 saturated carbocycles. The van der Waals surface area contributed by atoms with Gasteiger partial charge in [0, 0.05) is 54.8 Å². The summed E-state index contributed by atoms with van der Waals surface area (Å²) in [6.45, 7) is 8.03. The van der Waals surface area contributed by atoms with Crippen molar-refractivity contribution in [1.29, 1.82) is 0 Å². The summed E-state index contributed by atoms with van der Waals surface area (Å²) in [6, 6.07) is 18.7. The lowest BCUT2D eigenvalue weighted by atomic mass is 9.44. The van der Waals surface area contributed by atoms with Crippen LogP contribution in [0.2, 0.25) is 0 Å². The molecule has 506 valence electrons. The van der Waals surface area contributed by atoms with E-state index in [9.17, 15) is 48.3 Å². The number of ether oxygens (including phenoxy) is 5. The number of halogens is 2. The molecule has 8 amide bonds. The number of urea groups is 1. The van der Waals surface area contributed by atoms with E-state index in [2.05, 4.69) is 31.9 Å². The molecule has 0 bridgehead atoms. The number of rotatable bonds is 28. The Morgan fingerprint density at radius 1 is 0.819 bits per heavy atom. The Hall–Kier alpha value is -8.23. The molecule has 4 fully saturated rings. The van der Waals surface area contributed by atoms with Crippen LogP contribution in [0.15, 0.2) is 96.6 Å². The number of amides is 8. The zero-order chi connectivity index (χ0) is 67.5. The predicted molar refractivity (Wildman–Crippen MR) is 342 cm³/mol. The van der Waals surface area contributed by atoms with Crippen molar-refractivity contribution in [2.45, 2.75) is 160 Å². The van der Waals surface area contributed by atoms with Crippen LogP contribution < -0.4 is 42.5 Å². The number of carbonyl (C=O) groups excluding carboxylic acids is 9. The number of aliphatic hydroxyl groups excluding tert-OH is 1. The summed E-state index contributed by atoms with van der Waals surface area (Å²) in [6.07, 6.45) is 2.67. The highest BCUT2D eigenvalue weighted by Crippen LogP contribution is 2.72. The van der Waals surface area contributed by atoms with Gasteiger partial charge in [0.2, 0.25) is 29.5 Å². The van der Waals surface area contributed by atoms with Gasteiger partial charge in [-0.15, -0.1) is 0 Å². The minimum Gasteiger partial charge on any atom is -0.445 e. The molecule has 3 aromatic rings. The number of hydrogen-bond acceptors (Lipinski definition) is 15. The number of primary amides is 1. The van der Waals surface area contributed by atoms with E-state index < -0.39 is 131 Å². The maximum Gasteiger partial charge on any atom is 0.409 e. The summed E-state index contributed by atoms with van der Waals surface area (Å²) in [5.41, 5.74) is 2.80. The van der Waals surface area contributed by atoms with Gasteiger partial charge in [-0.2, -0.15) is 0 Å². The van der Waals surface area contributed by atoms with Crippen molar-refractivity contribution >= 4 is 76.8 Å². The molecule has 0 spiro atoms. The Kier molecular flexibility index (Phi) is 22.7. The highest BCUT2D eigenvalue weighted by molar-refractivity contribution is 6.02. The number of fused-ring (bicyclic) bond motifs is 9. The fourth-order valence-corrected chi connectivity index (χ4v) is 14.5. The van der Waals surface area contributed by atoms with Crippen LogP contribution in [-0.2, 0) is 70.4 Å². The third-order valence-electron chi connectivity index (χ3n) is 19.3. The Morgan fingerprint density at radius 2 is 1.55 bits per heavy atom. The maximum atomic E-state index is 17.9. The van der Waals surface area contributed by atoms with Crippen LogP contribution in [0.4, 0.5) is 29.7 Å². The lowest BCUT2D eigenvalue weighted by Gasteiger charge is -2.63. The minimum absolute atomic E-state index is 0.0107. The van der Waals surface area contributed by atoms with Crippen molar-refractivity contribution in [3.05, 3.63) is 119 Å². The second-order valence-corrected chi connectivity index (χ2v) is 25.7. The second kappa shape index (κ2) is 30.5. The van der Waals surface area contributed by atoms with Crippen LogP contribution in [0, 0.1) is 28.6 Å². The van der Waals surface area contributed by atoms with Crippen LogP contribution in [0.25, 0.3) is 12.2 Å². The molecule has 9 N–H and O–H groups in total. The van der Waals surface area contributed by atoms with E-state index in [4.69, 9.17) is 29.4 Å². The molecule has 4 aliphatic carbocycles. The number of Topliss-reactive ketones (excluding diaryl/α,β-unsaturated/α-hetero) is 1. The zero-order valence-electron chi connectivity index (χ0n) is 53.7. The van der Waals surface area contributed by atoms with Gasteiger partial charge in [0.1, 0.15) is 38.2 Å². The van der Waals surface area contributed by atoms with Crippen molar-refractivity contribution in [3.8, 4) is 0 Å². The monoisotopic (exact) mass is 1300 g/mol. The molecule has 1 saturated heterocycles. The quantitative estimate of drug-likeness (QED) is 0.0277. The van der Waals surface area contributed by atoms with Gasteiger partial charge in [0.15, 0.2) is 29.1 Å². The van der Waals surface area contributed by atoms with Gasteiger partial charge in [-0.25, -0.2) is 18.4 Å². The first-order valence-electron chi connectivity index (χ1n) is 32.3. The molecule has 2 heterocycles. The lowest BCUT2D eigenvalue weighted by molar-refractivity contribution is -0.235. The van der Waals surface area contributed by atoms with Crippen LogP contribution in [0.5, 0.6) is 0 Å². The van der Waals surface area contributed by atoms with E-state index >= 15 is 8.78 Å². The normalized spacial score (nSPS) is 27.2. The molecule has 9 rings (SSSR count). The minimum atomic E-state index is -2.37. The average Bonchev–Trinajstić information content (AvgIpc) is 1.41. The number of benzene rings is 3. The van der Waals surface area contributed by atoms with Gasteiger partial charge in [-0.1, -0.05) is 107 Å². The largest absolute Gasteiger partial charge is 0.445 e. The van der Waals surface area contributed by atoms with E-state index in [1.807, 2.05) is 67.6 Å². The third kappa shape index (κ3) is 15.1. The van der Waals surface area contributed by atoms with Crippen molar-refractivity contribution in [2.24, 2.45) is 34.3 Å². The smallest absolute Gasteiger partial charge is 0.409 e. The van der Waals surface area contributed by atoms with Crippen molar-refractivity contribution in [3.63, 3.8) is 0 Å². The van der Waals surface area contributed by atoms with Gasteiger partial charge < -0.3 is 66.0 Å². The summed E-state index contributed by atoms with van der Waals surface area (Å²) >= 11 is 0. The van der Waals surface area contributed by atoms with Crippen LogP contribution in [0.3, 0.4) is 0 Å². The van der Waals surface area contributed by atoms with E-state index in [1.54, 1.807) is 49.9 Å². The van der Waals surface area contributed by atoms with Gasteiger partial charge in [-0.3, -0.25) is 38.9 Å². The number of carbonyl (C=O) groups is 9. The zero-order valence-corrected chi connectivity index (χ0v) is 53.7. The molecule has 23 nitrogen and oxygen atoms in total. The Balaban J connectivity index is 0.700. The molecule has 2 unspecified atom stereocenters. The Bertz CT molecular complexity index is 3420. The highest BCUT2D eigenvalue weighted by atomic mass is 19.1. The third-order valence-corrected chi connectivity index (χ3v) is 19.3. The molecular weight excluding hydrogens is 1220 g/mol. The van der Waals surface area contributed by atoms with Crippen molar-refractivity contribution in [1.82, 2.24) is 26.6 Å². The first-order valence-corrected chi connectivity index (χ1v) is 32.3. The maximum absolute atomic E-state index is 17.9. The summed E-state index contributed by atoms with van der Waals surface area (Å²) in [4.78, 5) is 120. The van der Waals surface area contributed by atoms with Crippen LogP contribution >= 0.6 is 0 Å². The molecule has 94 heavy (non-hydrogen) atoms. The van der Waals surface area contributed by atoms with Crippen LogP contribution in [0.1, 0.15) is 121 Å². The Labute approximate surface area is 545 Å². The van der Waals surface area contributed by atoms with Crippen LogP contribution in [-0.4, -0.2) is 146 Å². The molecule has 6 aliphatic rings. The number of alkyl carbamates (subject to hydrolysis) is 1. The molecular formula is C69H86F2N8O15. The molecule has 25 heteroatoms. The lowest BCUT2D eigenvalue weighted by Crippen LogP contribution is -2.71. The number of ketones is 2. The van der Waals surface area contributed by atoms with Gasteiger partial charge in [-0.05, 0) is 115 Å². The molecule has 0 radical (unpaired) electrons. The van der Waals surface area contributed by atoms with E-state index in [-0.39, 0.29) is 102 Å². The number of anilines is 2. The topological polar surface area (TPSA) is 321 Å². The predicted octanol–water partition coefficient (Wildman–Crippen LogP) is 6.70. The first kappa shape index (κ1) is 70.1. The number of nitrogens with one attached hydrogen (secondary N) is 6. The number of aliphatic hydroxyl groups is 1. The first-order chi connectivity index (χ1) is 44.9. The van der Waals surface area contributed by atoms with E-state index in [0.29, 0.717) is 30.6 Å². The number of alkyl halides is 2. The molecule has 2 aliphatic heterocycles. The number of hydrogen-bond donors (Lipinski definition) is 8. The summed E-state index contributed by atoms with van der Waals surface area (Å²) in [5.74, 6) is -5.43. The van der Waals surface area contributed by atoms with Crippen molar-refractivity contribution < 1.29 is 80.7 Å². The van der Waals surface area contributed by atoms with Gasteiger partial charge in [0.25, 0.3) is 0 Å². The average molecular weight is 1310 g/mol. The number of nitrogens with zero attached hydrogens (tertiary/aromatic N) is 1. The molecule has 3 aromatic carbocycles. The Morgan fingerprint density at radius 3 is 2.30 bits per heavy atom. The SMILES string of the molecule is CCCC1O[C@@H]2CC3[C@@H]4C[C@H](F)C5=CC(=O)C=C[C@]5(C)[C@@]4(F)[C@@H](O)C[C@]3(C)[C@]2(C(=O)COCNC(=O)OCc2ccc(NC(=O)[C@H](CCCNC(N)=O)NC(=O)[C@@H](NC(=O)CCOCCNC(=O)CCC(=O)N3Cc4ccccc4/C=C\c4ccccc43)C(C)C)cc2)O1. The van der Waals surface area contributed by atoms with E-state index in [0.717, 1.165) is 28.5 Å². The second-order valence-electron chi connectivity index (χ2n) is 25.7. The summed E-state index contributed by atoms with van der Waals surface area (Å²) in [5, 5.41) is 27.8. The fraction of sp³-hybridized carbons (Fsp3) is 0.522. The number of para-hydroxylation sites is 1. The summed E-state index contributed by atoms with van der Waals surface area (Å²) in [7, 11) is 0. The molecule has 0 aromatic heterocycles. The van der Waals surface area contributed by atoms with Gasteiger partial charge >= 0.3 is 12.1 Å². The number of allylic oxidation sites excluding steroid dienone is 4. The number of nitrogens with two attached hydrogens (primary N) is 1. The summed E-state index contributed by atoms with van der Waals surface area (Å²) < 4.78 is 63.6. The van der Waals surface area contributed by atoms with Crippen molar-refractivity contribution in [2.75, 3.05) is 49.9 Å². The standard InChI is InChI=1S/C69H86F2N8O15/c1-6-12-60-93-56-35-48-49-34-51(70)50-33-47(80)26-28-66(50,4)68(49,71)54(81)36-67(48,5)69(56,94-60)55(82)39-91-40-75-65(89)92-38-42-18-22-46(23-19-42)76-62(86)52(16-11-29-74-64(72)88)77-63(87)61(41(2)3)78-58(84)27-31-90-32-30-73-57(83)24-25-59(85)79-37-45-15-8-7-13-43(45)20-21-44-14-9-10-17-53(44)79/h7-10,13-15,17-23,26,28,33,41,48-49,51-52,54,56,60-61,81H,6,11-12,16,24-25,27,29-32,34-40H2,1-5H3,(H,73,83)(H,75,89)(H,76,86)(H,77,87)(H,78,84)(H3,72,74,88)/b21-20-/t48?,49-,51-,52-,54-,56+,60?,61-,66-,67-,68-,69+/m0/s1. The molecule has 12 atom stereocenters. The highest BCUT2D eigenvalue weighted by Gasteiger charge is 2.80.